The maximum atomic E-state index is 12.5. The minimum Gasteiger partial charge on any atom is -0.382 e. The fourth-order valence-electron chi connectivity index (χ4n) is 1.97. The third-order valence-electron chi connectivity index (χ3n) is 2.78. The Kier molecular flexibility index (Phi) is 3.33. The van der Waals surface area contributed by atoms with E-state index in [4.69, 9.17) is 0 Å². The maximum absolute atomic E-state index is 12.5. The molecule has 0 spiro atoms. The largest absolute Gasteiger partial charge is 0.382 e. The van der Waals surface area contributed by atoms with Gasteiger partial charge in [-0.25, -0.2) is 13.8 Å². The topological polar surface area (TPSA) is 36.4 Å². The second-order valence-corrected chi connectivity index (χ2v) is 3.89. The first-order valence-electron chi connectivity index (χ1n) is 5.36. The first-order valence-corrected chi connectivity index (χ1v) is 5.36. The number of hydrogen-bond acceptors (Lipinski definition) is 3. The third kappa shape index (κ3) is 2.14. The summed E-state index contributed by atoms with van der Waals surface area (Å²) in [6.07, 6.45) is -0.869. The summed E-state index contributed by atoms with van der Waals surface area (Å²) in [5.41, 5.74) is 0.222. The van der Waals surface area contributed by atoms with Crippen molar-refractivity contribution in [3.8, 4) is 0 Å². The molecule has 1 aliphatic rings. The summed E-state index contributed by atoms with van der Waals surface area (Å²) < 4.78 is 25.0. The van der Waals surface area contributed by atoms with Gasteiger partial charge in [-0.1, -0.05) is 6.07 Å². The van der Waals surface area contributed by atoms with E-state index in [0.717, 1.165) is 25.9 Å². The lowest BCUT2D eigenvalue weighted by atomic mass is 10.1. The van der Waals surface area contributed by atoms with E-state index in [9.17, 15) is 13.9 Å². The summed E-state index contributed by atoms with van der Waals surface area (Å²) in [4.78, 5) is 6.04. The summed E-state index contributed by atoms with van der Waals surface area (Å²) in [5.74, 6) is 0.493. The molecular weight excluding hydrogens is 214 g/mol. The number of anilines is 1. The summed E-state index contributed by atoms with van der Waals surface area (Å²) in [6, 6.07) is 3.08. The number of nitrogens with zero attached hydrogens (tertiary/aromatic N) is 2. The van der Waals surface area contributed by atoms with E-state index in [1.165, 1.54) is 6.07 Å². The van der Waals surface area contributed by atoms with Crippen LogP contribution in [0.2, 0.25) is 0 Å². The van der Waals surface area contributed by atoms with Crippen LogP contribution in [0.5, 0.6) is 0 Å². The van der Waals surface area contributed by atoms with Gasteiger partial charge in [-0.15, -0.1) is 0 Å². The van der Waals surface area contributed by atoms with Crippen LogP contribution in [0, 0.1) is 0 Å². The van der Waals surface area contributed by atoms with E-state index in [1.54, 1.807) is 12.3 Å². The van der Waals surface area contributed by atoms with E-state index in [1.807, 2.05) is 4.90 Å². The molecule has 1 aliphatic heterocycles. The highest BCUT2D eigenvalue weighted by Gasteiger charge is 2.26. The molecule has 2 heterocycles. The van der Waals surface area contributed by atoms with Crippen LogP contribution < -0.4 is 4.90 Å². The molecule has 1 aromatic heterocycles. The van der Waals surface area contributed by atoms with Gasteiger partial charge in [-0.05, 0) is 18.9 Å². The van der Waals surface area contributed by atoms with Crippen LogP contribution in [-0.2, 0) is 0 Å². The van der Waals surface area contributed by atoms with Crippen molar-refractivity contribution in [2.75, 3.05) is 18.0 Å². The molecule has 16 heavy (non-hydrogen) atoms. The fourth-order valence-corrected chi connectivity index (χ4v) is 1.97. The van der Waals surface area contributed by atoms with Crippen LogP contribution in [0.4, 0.5) is 14.6 Å². The van der Waals surface area contributed by atoms with Crippen molar-refractivity contribution in [2.45, 2.75) is 25.4 Å². The number of aliphatic hydroxyl groups excluding tert-OH is 1. The molecule has 5 heteroatoms. The Morgan fingerprint density at radius 1 is 1.31 bits per heavy atom. The van der Waals surface area contributed by atoms with Crippen molar-refractivity contribution >= 4 is 5.82 Å². The van der Waals surface area contributed by atoms with E-state index < -0.39 is 12.5 Å². The highest BCUT2D eigenvalue weighted by Crippen LogP contribution is 2.29. The lowest BCUT2D eigenvalue weighted by Gasteiger charge is -2.21. The van der Waals surface area contributed by atoms with Crippen molar-refractivity contribution in [2.24, 2.45) is 0 Å². The van der Waals surface area contributed by atoms with Gasteiger partial charge in [-0.2, -0.15) is 0 Å². The van der Waals surface area contributed by atoms with Crippen molar-refractivity contribution in [1.82, 2.24) is 4.98 Å². The number of alkyl halides is 2. The molecule has 88 valence electrons. The molecule has 2 rings (SSSR count). The van der Waals surface area contributed by atoms with Gasteiger partial charge in [0.1, 0.15) is 11.9 Å². The molecule has 0 radical (unpaired) electrons. The zero-order valence-electron chi connectivity index (χ0n) is 8.81. The minimum absolute atomic E-state index is 0.222. The second-order valence-electron chi connectivity index (χ2n) is 3.89. The summed E-state index contributed by atoms with van der Waals surface area (Å²) in [5, 5.41) is 9.42. The molecule has 1 N–H and O–H groups in total. The lowest BCUT2D eigenvalue weighted by Crippen LogP contribution is -2.22. The number of pyridine rings is 1. The molecule has 0 bridgehead atoms. The van der Waals surface area contributed by atoms with Gasteiger partial charge < -0.3 is 10.0 Å². The Morgan fingerprint density at radius 3 is 2.62 bits per heavy atom. The number of aromatic nitrogens is 1. The van der Waals surface area contributed by atoms with Crippen LogP contribution in [0.1, 0.15) is 24.5 Å². The van der Waals surface area contributed by atoms with Gasteiger partial charge in [0, 0.05) is 24.8 Å². The Balaban J connectivity index is 2.29. The highest BCUT2D eigenvalue weighted by atomic mass is 19.3. The fraction of sp³-hybridized carbons (Fsp3) is 0.545. The maximum Gasteiger partial charge on any atom is 0.268 e. The lowest BCUT2D eigenvalue weighted by molar-refractivity contribution is -0.00567. The zero-order chi connectivity index (χ0) is 11.5. The quantitative estimate of drug-likeness (QED) is 0.859. The molecule has 1 aromatic rings. The molecule has 1 atom stereocenters. The Labute approximate surface area is 92.7 Å². The minimum atomic E-state index is -2.77. The van der Waals surface area contributed by atoms with Crippen LogP contribution in [0.25, 0.3) is 0 Å². The van der Waals surface area contributed by atoms with Gasteiger partial charge in [-0.3, -0.25) is 0 Å². The molecular formula is C11H14F2N2O. The van der Waals surface area contributed by atoms with Crippen LogP contribution >= 0.6 is 0 Å². The molecule has 0 amide bonds. The van der Waals surface area contributed by atoms with E-state index in [0.29, 0.717) is 5.82 Å². The predicted molar refractivity (Wildman–Crippen MR) is 56.6 cm³/mol. The van der Waals surface area contributed by atoms with Gasteiger partial charge in [0.2, 0.25) is 0 Å². The average molecular weight is 228 g/mol. The van der Waals surface area contributed by atoms with Crippen molar-refractivity contribution in [1.29, 1.82) is 0 Å². The number of hydrogen-bond donors (Lipinski definition) is 1. The summed E-state index contributed by atoms with van der Waals surface area (Å²) >= 11 is 0. The average Bonchev–Trinajstić information content (AvgIpc) is 2.81. The Bertz CT molecular complexity index is 333. The first-order chi connectivity index (χ1) is 7.70. The van der Waals surface area contributed by atoms with E-state index in [-0.39, 0.29) is 5.56 Å². The normalized spacial score (nSPS) is 18.1. The smallest absolute Gasteiger partial charge is 0.268 e. The molecule has 1 fully saturated rings. The van der Waals surface area contributed by atoms with Gasteiger partial charge in [0.25, 0.3) is 6.43 Å². The molecule has 0 saturated carbocycles. The monoisotopic (exact) mass is 228 g/mol. The van der Waals surface area contributed by atoms with Gasteiger partial charge in [0.15, 0.2) is 0 Å². The van der Waals surface area contributed by atoms with Crippen molar-refractivity contribution in [3.63, 3.8) is 0 Å². The third-order valence-corrected chi connectivity index (χ3v) is 2.78. The molecule has 1 saturated heterocycles. The summed E-state index contributed by atoms with van der Waals surface area (Å²) in [7, 11) is 0. The zero-order valence-corrected chi connectivity index (χ0v) is 8.81. The SMILES string of the molecule is OC(c1cccnc1N1CCCC1)C(F)F. The number of halogens is 2. The standard InChI is InChI=1S/C11H14F2N2O/c12-10(13)9(16)8-4-3-5-14-11(8)15-6-1-2-7-15/h3-5,9-10,16H,1-2,6-7H2. The molecule has 0 aromatic carbocycles. The van der Waals surface area contributed by atoms with Crippen LogP contribution in [0.15, 0.2) is 18.3 Å². The molecule has 3 nitrogen and oxygen atoms in total. The van der Waals surface area contributed by atoms with Crippen molar-refractivity contribution < 1.29 is 13.9 Å². The first kappa shape index (κ1) is 11.3. The predicted octanol–water partition coefficient (Wildman–Crippen LogP) is 1.98. The van der Waals surface area contributed by atoms with Crippen LogP contribution in [0.3, 0.4) is 0 Å². The van der Waals surface area contributed by atoms with Gasteiger partial charge >= 0.3 is 0 Å². The van der Waals surface area contributed by atoms with Crippen molar-refractivity contribution in [3.05, 3.63) is 23.9 Å². The Morgan fingerprint density at radius 2 is 2.00 bits per heavy atom. The molecule has 0 aliphatic carbocycles. The highest BCUT2D eigenvalue weighted by molar-refractivity contribution is 5.48. The van der Waals surface area contributed by atoms with E-state index >= 15 is 0 Å². The second kappa shape index (κ2) is 4.74. The molecule has 1 unspecified atom stereocenters. The van der Waals surface area contributed by atoms with E-state index in [2.05, 4.69) is 4.98 Å². The van der Waals surface area contributed by atoms with Crippen LogP contribution in [-0.4, -0.2) is 29.6 Å². The number of aliphatic hydroxyl groups is 1. The number of rotatable bonds is 3. The summed E-state index contributed by atoms with van der Waals surface area (Å²) in [6.45, 7) is 1.64. The van der Waals surface area contributed by atoms with Gasteiger partial charge in [0.05, 0.1) is 0 Å². The Hall–Kier alpha value is -1.23.